The number of pyridine rings is 2. The average molecular weight is 366 g/mol. The van der Waals surface area contributed by atoms with Gasteiger partial charge in [-0.25, -0.2) is 9.97 Å². The Bertz CT molecular complexity index is 1020. The fourth-order valence-electron chi connectivity index (χ4n) is 3.43. The Balaban J connectivity index is 1.46. The average Bonchev–Trinajstić information content (AvgIpc) is 3.26. The van der Waals surface area contributed by atoms with Crippen molar-refractivity contribution in [3.05, 3.63) is 70.7 Å². The maximum atomic E-state index is 13.1. The first-order chi connectivity index (χ1) is 13.0. The van der Waals surface area contributed by atoms with Crippen molar-refractivity contribution < 1.29 is 9.18 Å². The van der Waals surface area contributed by atoms with Crippen molar-refractivity contribution >= 4 is 11.7 Å². The molecule has 0 spiro atoms. The molecule has 0 saturated heterocycles. The van der Waals surface area contributed by atoms with Gasteiger partial charge in [0.25, 0.3) is 5.91 Å². The van der Waals surface area contributed by atoms with Gasteiger partial charge in [-0.3, -0.25) is 9.48 Å². The van der Waals surface area contributed by atoms with E-state index in [0.717, 1.165) is 29.5 Å². The Labute approximate surface area is 155 Å². The van der Waals surface area contributed by atoms with Crippen LogP contribution in [0, 0.1) is 12.9 Å². The number of aryl methyl sites for hydroxylation is 1. The maximum Gasteiger partial charge on any atom is 0.254 e. The summed E-state index contributed by atoms with van der Waals surface area (Å²) in [5, 5.41) is 7.27. The van der Waals surface area contributed by atoms with Gasteiger partial charge in [0.15, 0.2) is 0 Å². The molecule has 8 heteroatoms. The third-order valence-corrected chi connectivity index (χ3v) is 4.88. The van der Waals surface area contributed by atoms with Crippen molar-refractivity contribution in [2.75, 3.05) is 5.73 Å². The highest BCUT2D eigenvalue weighted by atomic mass is 19.1. The van der Waals surface area contributed by atoms with Crippen LogP contribution in [0.5, 0.6) is 0 Å². The highest BCUT2D eigenvalue weighted by molar-refractivity contribution is 5.94. The van der Waals surface area contributed by atoms with Gasteiger partial charge in [0.2, 0.25) is 5.95 Å². The van der Waals surface area contributed by atoms with Crippen molar-refractivity contribution in [2.45, 2.75) is 32.4 Å². The molecule has 1 aliphatic rings. The summed E-state index contributed by atoms with van der Waals surface area (Å²) in [7, 11) is 0. The first-order valence-electron chi connectivity index (χ1n) is 8.70. The minimum atomic E-state index is -0.510. The second kappa shape index (κ2) is 6.79. The highest BCUT2D eigenvalue weighted by Gasteiger charge is 2.26. The monoisotopic (exact) mass is 366 g/mol. The number of hydrogen-bond donors (Lipinski definition) is 2. The number of fused-ring (bicyclic) bond motifs is 1. The van der Waals surface area contributed by atoms with Gasteiger partial charge in [0.1, 0.15) is 5.82 Å². The summed E-state index contributed by atoms with van der Waals surface area (Å²) in [6.07, 6.45) is 6.46. The number of carbonyl (C=O) groups is 1. The van der Waals surface area contributed by atoms with Crippen molar-refractivity contribution in [3.8, 4) is 0 Å². The number of anilines is 1. The van der Waals surface area contributed by atoms with E-state index in [1.54, 1.807) is 30.1 Å². The summed E-state index contributed by atoms with van der Waals surface area (Å²) in [6.45, 7) is 2.16. The van der Waals surface area contributed by atoms with Gasteiger partial charge in [-0.1, -0.05) is 6.07 Å². The fourth-order valence-corrected chi connectivity index (χ4v) is 3.43. The van der Waals surface area contributed by atoms with Crippen LogP contribution >= 0.6 is 0 Å². The molecule has 0 unspecified atom stereocenters. The van der Waals surface area contributed by atoms with Crippen LogP contribution in [-0.2, 0) is 13.0 Å². The van der Waals surface area contributed by atoms with Crippen molar-refractivity contribution in [1.29, 1.82) is 0 Å². The molecule has 0 bridgehead atoms. The molecule has 0 fully saturated rings. The molecule has 1 aliphatic carbocycles. The van der Waals surface area contributed by atoms with Crippen LogP contribution in [0.2, 0.25) is 0 Å². The summed E-state index contributed by atoms with van der Waals surface area (Å²) in [4.78, 5) is 20.5. The van der Waals surface area contributed by atoms with Crippen molar-refractivity contribution in [2.24, 2.45) is 0 Å². The van der Waals surface area contributed by atoms with Crippen LogP contribution in [0.1, 0.15) is 45.2 Å². The number of nitrogen functional groups attached to an aromatic ring is 1. The predicted molar refractivity (Wildman–Crippen MR) is 97.4 cm³/mol. The lowest BCUT2D eigenvalue weighted by Gasteiger charge is -2.13. The standard InChI is InChI=1S/C19H19FN6O/c1-11-12(2-5-17(20)24-11)9-26-10-13(8-23-26)19(27)25-16-4-3-15-14(16)6-7-22-18(15)21/h2,5-8,10,16H,3-4,9H2,1H3,(H2,21,22)(H,25,27)/t16-/m1/s1. The van der Waals surface area contributed by atoms with Gasteiger partial charge < -0.3 is 11.1 Å². The molecule has 138 valence electrons. The van der Waals surface area contributed by atoms with E-state index in [1.807, 2.05) is 6.07 Å². The van der Waals surface area contributed by atoms with E-state index in [9.17, 15) is 9.18 Å². The number of rotatable bonds is 4. The van der Waals surface area contributed by atoms with Gasteiger partial charge in [-0.05, 0) is 48.6 Å². The van der Waals surface area contributed by atoms with Crippen LogP contribution < -0.4 is 11.1 Å². The normalized spacial score (nSPS) is 15.6. The van der Waals surface area contributed by atoms with E-state index in [1.165, 1.54) is 12.3 Å². The zero-order valence-electron chi connectivity index (χ0n) is 14.8. The maximum absolute atomic E-state index is 13.1. The smallest absolute Gasteiger partial charge is 0.254 e. The van der Waals surface area contributed by atoms with Gasteiger partial charge in [-0.2, -0.15) is 9.49 Å². The van der Waals surface area contributed by atoms with Gasteiger partial charge in [-0.15, -0.1) is 0 Å². The topological polar surface area (TPSA) is 98.7 Å². The number of aromatic nitrogens is 4. The number of hydrogen-bond acceptors (Lipinski definition) is 5. The van der Waals surface area contributed by atoms with E-state index in [2.05, 4.69) is 20.4 Å². The number of amides is 1. The molecular weight excluding hydrogens is 347 g/mol. The molecule has 3 aromatic heterocycles. The molecule has 0 radical (unpaired) electrons. The van der Waals surface area contributed by atoms with E-state index in [-0.39, 0.29) is 11.9 Å². The number of halogens is 1. The third kappa shape index (κ3) is 3.38. The molecule has 1 atom stereocenters. The molecule has 0 aromatic carbocycles. The second-order valence-corrected chi connectivity index (χ2v) is 6.63. The first-order valence-corrected chi connectivity index (χ1v) is 8.70. The largest absolute Gasteiger partial charge is 0.383 e. The van der Waals surface area contributed by atoms with E-state index >= 15 is 0 Å². The van der Waals surface area contributed by atoms with Crippen LogP contribution in [0.25, 0.3) is 0 Å². The molecule has 3 N–H and O–H groups in total. The summed E-state index contributed by atoms with van der Waals surface area (Å²) in [5.41, 5.74) is 9.86. The quantitative estimate of drug-likeness (QED) is 0.690. The number of nitrogens with one attached hydrogen (secondary N) is 1. The lowest BCUT2D eigenvalue weighted by atomic mass is 10.1. The van der Waals surface area contributed by atoms with Crippen molar-refractivity contribution in [3.63, 3.8) is 0 Å². The molecule has 3 aromatic rings. The molecule has 27 heavy (non-hydrogen) atoms. The molecule has 1 amide bonds. The zero-order chi connectivity index (χ0) is 19.0. The molecule has 4 rings (SSSR count). The van der Waals surface area contributed by atoms with Gasteiger partial charge in [0.05, 0.1) is 24.3 Å². The molecule has 3 heterocycles. The van der Waals surface area contributed by atoms with Crippen LogP contribution in [-0.4, -0.2) is 25.7 Å². The summed E-state index contributed by atoms with van der Waals surface area (Å²) in [5.74, 6) is -0.173. The lowest BCUT2D eigenvalue weighted by Crippen LogP contribution is -2.26. The second-order valence-electron chi connectivity index (χ2n) is 6.63. The Morgan fingerprint density at radius 3 is 3.07 bits per heavy atom. The predicted octanol–water partition coefficient (Wildman–Crippen LogP) is 2.17. The Morgan fingerprint density at radius 2 is 2.26 bits per heavy atom. The summed E-state index contributed by atoms with van der Waals surface area (Å²) in [6, 6.07) is 4.81. The number of nitrogens with zero attached hydrogens (tertiary/aromatic N) is 4. The first kappa shape index (κ1) is 17.1. The van der Waals surface area contributed by atoms with Gasteiger partial charge >= 0.3 is 0 Å². The van der Waals surface area contributed by atoms with E-state index < -0.39 is 5.95 Å². The van der Waals surface area contributed by atoms with Crippen LogP contribution in [0.15, 0.2) is 36.8 Å². The van der Waals surface area contributed by atoms with Crippen molar-refractivity contribution in [1.82, 2.24) is 25.1 Å². The molecule has 0 aliphatic heterocycles. The third-order valence-electron chi connectivity index (χ3n) is 4.88. The fraction of sp³-hybridized carbons (Fsp3) is 0.263. The van der Waals surface area contributed by atoms with E-state index in [0.29, 0.717) is 23.6 Å². The Kier molecular flexibility index (Phi) is 4.31. The number of carbonyl (C=O) groups excluding carboxylic acids is 1. The zero-order valence-corrected chi connectivity index (χ0v) is 14.8. The minimum absolute atomic E-state index is 0.0790. The molecule has 7 nitrogen and oxygen atoms in total. The van der Waals surface area contributed by atoms with Crippen LogP contribution in [0.4, 0.5) is 10.2 Å². The minimum Gasteiger partial charge on any atom is -0.383 e. The SMILES string of the molecule is Cc1nc(F)ccc1Cn1cc(C(=O)N[C@@H]2CCc3c2ccnc3N)cn1. The molecular formula is C19H19FN6O. The van der Waals surface area contributed by atoms with E-state index in [4.69, 9.17) is 5.73 Å². The summed E-state index contributed by atoms with van der Waals surface area (Å²) >= 11 is 0. The lowest BCUT2D eigenvalue weighted by molar-refractivity contribution is 0.0936. The summed E-state index contributed by atoms with van der Waals surface area (Å²) < 4.78 is 14.8. The van der Waals surface area contributed by atoms with Gasteiger partial charge in [0, 0.05) is 18.1 Å². The Morgan fingerprint density at radius 1 is 1.41 bits per heavy atom. The highest BCUT2D eigenvalue weighted by Crippen LogP contribution is 2.33. The molecule has 0 saturated carbocycles. The number of nitrogens with two attached hydrogens (primary N) is 1. The Hall–Kier alpha value is -3.29. The van der Waals surface area contributed by atoms with Crippen LogP contribution in [0.3, 0.4) is 0 Å².